The van der Waals surface area contributed by atoms with Crippen molar-refractivity contribution in [3.05, 3.63) is 78.4 Å². The number of aliphatic hydroxyl groups excluding tert-OH is 1. The van der Waals surface area contributed by atoms with Crippen molar-refractivity contribution in [1.82, 2.24) is 9.55 Å². The van der Waals surface area contributed by atoms with Gasteiger partial charge in [0.1, 0.15) is 5.58 Å². The third-order valence-electron chi connectivity index (χ3n) is 4.91. The molecule has 1 N–H and O–H groups in total. The second-order valence-electron chi connectivity index (χ2n) is 6.26. The van der Waals surface area contributed by atoms with Crippen molar-refractivity contribution in [2.45, 2.75) is 18.6 Å². The molecule has 0 saturated carbocycles. The molecule has 1 aliphatic heterocycles. The Bertz CT molecular complexity index is 1030. The molecule has 4 heteroatoms. The fourth-order valence-corrected chi connectivity index (χ4v) is 3.70. The van der Waals surface area contributed by atoms with Gasteiger partial charge in [0.25, 0.3) is 0 Å². The van der Waals surface area contributed by atoms with E-state index in [4.69, 9.17) is 4.42 Å². The summed E-state index contributed by atoms with van der Waals surface area (Å²) < 4.78 is 7.60. The molecule has 0 bridgehead atoms. The molecule has 0 saturated heterocycles. The maximum Gasteiger partial charge on any atom is 0.134 e. The molecule has 3 heterocycles. The fourth-order valence-electron chi connectivity index (χ4n) is 3.70. The van der Waals surface area contributed by atoms with E-state index in [2.05, 4.69) is 21.7 Å². The molecule has 2 atom stereocenters. The smallest absolute Gasteiger partial charge is 0.134 e. The standard InChI is InChI=1S/C20H16N2O2/c23-19(14-6-5-13-7-8-24-20(13)9-14)10-17-15-3-1-2-4-16(15)18-11-21-12-22(17)18/h1-9,11-12,17,19,23H,10H2. The lowest BCUT2D eigenvalue weighted by molar-refractivity contribution is 0.154. The Morgan fingerprint density at radius 2 is 2.08 bits per heavy atom. The zero-order valence-electron chi connectivity index (χ0n) is 13.0. The molecule has 2 unspecified atom stereocenters. The summed E-state index contributed by atoms with van der Waals surface area (Å²) in [5.41, 5.74) is 5.25. The van der Waals surface area contributed by atoms with Crippen molar-refractivity contribution in [3.8, 4) is 11.3 Å². The minimum absolute atomic E-state index is 0.0981. The van der Waals surface area contributed by atoms with E-state index < -0.39 is 6.10 Å². The lowest BCUT2D eigenvalue weighted by Gasteiger charge is -2.19. The highest BCUT2D eigenvalue weighted by atomic mass is 16.3. The number of imidazole rings is 1. The van der Waals surface area contributed by atoms with Crippen LogP contribution in [0.3, 0.4) is 0 Å². The summed E-state index contributed by atoms with van der Waals surface area (Å²) in [6, 6.07) is 16.3. The maximum atomic E-state index is 10.8. The van der Waals surface area contributed by atoms with Gasteiger partial charge in [0, 0.05) is 17.4 Å². The van der Waals surface area contributed by atoms with Crippen molar-refractivity contribution in [1.29, 1.82) is 0 Å². The van der Waals surface area contributed by atoms with Gasteiger partial charge in [-0.2, -0.15) is 0 Å². The third-order valence-corrected chi connectivity index (χ3v) is 4.91. The first-order valence-electron chi connectivity index (χ1n) is 8.07. The minimum Gasteiger partial charge on any atom is -0.464 e. The van der Waals surface area contributed by atoms with E-state index in [0.29, 0.717) is 6.42 Å². The number of furan rings is 1. The first-order valence-corrected chi connectivity index (χ1v) is 8.07. The molecular formula is C20H16N2O2. The number of hydrogen-bond donors (Lipinski definition) is 1. The van der Waals surface area contributed by atoms with Gasteiger partial charge in [-0.3, -0.25) is 0 Å². The minimum atomic E-state index is -0.564. The molecule has 1 aliphatic rings. The summed E-state index contributed by atoms with van der Waals surface area (Å²) in [6.07, 6.45) is 5.45. The number of aromatic nitrogens is 2. The van der Waals surface area contributed by atoms with Crippen molar-refractivity contribution >= 4 is 11.0 Å². The number of nitrogens with zero attached hydrogens (tertiary/aromatic N) is 2. The summed E-state index contributed by atoms with van der Waals surface area (Å²) in [5, 5.41) is 11.8. The largest absolute Gasteiger partial charge is 0.464 e. The topological polar surface area (TPSA) is 51.2 Å². The Morgan fingerprint density at radius 3 is 3.04 bits per heavy atom. The summed E-state index contributed by atoms with van der Waals surface area (Å²) in [5.74, 6) is 0. The summed E-state index contributed by atoms with van der Waals surface area (Å²) in [4.78, 5) is 4.27. The molecular weight excluding hydrogens is 300 g/mol. The van der Waals surface area contributed by atoms with E-state index in [9.17, 15) is 5.11 Å². The van der Waals surface area contributed by atoms with Gasteiger partial charge in [0.05, 0.1) is 36.6 Å². The van der Waals surface area contributed by atoms with Crippen LogP contribution in [0.4, 0.5) is 0 Å². The van der Waals surface area contributed by atoms with E-state index in [-0.39, 0.29) is 6.04 Å². The lowest BCUT2D eigenvalue weighted by atomic mass is 9.95. The highest BCUT2D eigenvalue weighted by molar-refractivity contribution is 5.77. The van der Waals surface area contributed by atoms with Crippen molar-refractivity contribution < 1.29 is 9.52 Å². The van der Waals surface area contributed by atoms with E-state index >= 15 is 0 Å². The predicted molar refractivity (Wildman–Crippen MR) is 91.6 cm³/mol. The molecule has 4 aromatic rings. The molecule has 2 aromatic carbocycles. The average Bonchev–Trinajstić information content (AvgIpc) is 3.31. The molecule has 118 valence electrons. The van der Waals surface area contributed by atoms with Gasteiger partial charge in [0.15, 0.2) is 0 Å². The van der Waals surface area contributed by atoms with Crippen molar-refractivity contribution in [2.75, 3.05) is 0 Å². The monoisotopic (exact) mass is 316 g/mol. The molecule has 0 spiro atoms. The number of benzene rings is 2. The molecule has 2 aromatic heterocycles. The van der Waals surface area contributed by atoms with Crippen LogP contribution in [0.1, 0.15) is 29.7 Å². The van der Waals surface area contributed by atoms with Crippen LogP contribution in [0.25, 0.3) is 22.2 Å². The van der Waals surface area contributed by atoms with Crippen LogP contribution in [-0.4, -0.2) is 14.7 Å². The Kier molecular flexibility index (Phi) is 2.87. The van der Waals surface area contributed by atoms with Crippen molar-refractivity contribution in [3.63, 3.8) is 0 Å². The highest BCUT2D eigenvalue weighted by Gasteiger charge is 2.30. The first-order chi connectivity index (χ1) is 11.8. The Labute approximate surface area is 139 Å². The van der Waals surface area contributed by atoms with Gasteiger partial charge in [0.2, 0.25) is 0 Å². The summed E-state index contributed by atoms with van der Waals surface area (Å²) in [7, 11) is 0. The van der Waals surface area contributed by atoms with Crippen LogP contribution in [0.2, 0.25) is 0 Å². The molecule has 4 nitrogen and oxygen atoms in total. The summed E-state index contributed by atoms with van der Waals surface area (Å²) in [6.45, 7) is 0. The van der Waals surface area contributed by atoms with Gasteiger partial charge in [-0.25, -0.2) is 4.98 Å². The highest BCUT2D eigenvalue weighted by Crippen LogP contribution is 2.43. The average molecular weight is 316 g/mol. The van der Waals surface area contributed by atoms with Gasteiger partial charge in [-0.05, 0) is 23.3 Å². The molecule has 24 heavy (non-hydrogen) atoms. The first kappa shape index (κ1) is 13.6. The molecule has 0 fully saturated rings. The van der Waals surface area contributed by atoms with E-state index in [1.807, 2.05) is 48.9 Å². The van der Waals surface area contributed by atoms with E-state index in [1.165, 1.54) is 11.1 Å². The normalized spacial score (nSPS) is 17.0. The number of aliphatic hydroxyl groups is 1. The maximum absolute atomic E-state index is 10.8. The van der Waals surface area contributed by atoms with Gasteiger partial charge < -0.3 is 14.1 Å². The second kappa shape index (κ2) is 5.08. The summed E-state index contributed by atoms with van der Waals surface area (Å²) >= 11 is 0. The zero-order valence-corrected chi connectivity index (χ0v) is 13.0. The number of fused-ring (bicyclic) bond motifs is 4. The lowest BCUT2D eigenvalue weighted by Crippen LogP contribution is -2.10. The van der Waals surface area contributed by atoms with Crippen LogP contribution in [0.15, 0.2) is 71.7 Å². The van der Waals surface area contributed by atoms with Gasteiger partial charge >= 0.3 is 0 Å². The second-order valence-corrected chi connectivity index (χ2v) is 6.26. The van der Waals surface area contributed by atoms with Crippen LogP contribution in [0.5, 0.6) is 0 Å². The fraction of sp³-hybridized carbons (Fsp3) is 0.150. The third kappa shape index (κ3) is 1.93. The molecule has 0 radical (unpaired) electrons. The van der Waals surface area contributed by atoms with Crippen LogP contribution < -0.4 is 0 Å². The van der Waals surface area contributed by atoms with Crippen LogP contribution in [-0.2, 0) is 0 Å². The van der Waals surface area contributed by atoms with Crippen LogP contribution >= 0.6 is 0 Å². The van der Waals surface area contributed by atoms with Crippen LogP contribution in [0, 0.1) is 0 Å². The van der Waals surface area contributed by atoms with Gasteiger partial charge in [-0.1, -0.05) is 36.4 Å². The zero-order chi connectivity index (χ0) is 16.1. The quantitative estimate of drug-likeness (QED) is 0.612. The SMILES string of the molecule is OC(CC1c2ccccc2-c2cncn21)c1ccc2ccoc2c1. The van der Waals surface area contributed by atoms with Gasteiger partial charge in [-0.15, -0.1) is 0 Å². The Hall–Kier alpha value is -2.85. The molecule has 0 aliphatic carbocycles. The number of hydrogen-bond acceptors (Lipinski definition) is 3. The van der Waals surface area contributed by atoms with E-state index in [0.717, 1.165) is 22.2 Å². The predicted octanol–water partition coefficient (Wildman–Crippen LogP) is 4.32. The molecule has 0 amide bonds. The Balaban J connectivity index is 1.51. The molecule has 5 rings (SSSR count). The van der Waals surface area contributed by atoms with E-state index in [1.54, 1.807) is 6.26 Å². The number of rotatable bonds is 3. The van der Waals surface area contributed by atoms with Crippen molar-refractivity contribution in [2.24, 2.45) is 0 Å². The Morgan fingerprint density at radius 1 is 1.17 bits per heavy atom.